The molecule has 0 spiro atoms. The van der Waals surface area contributed by atoms with Crippen molar-refractivity contribution in [1.29, 1.82) is 0 Å². The quantitative estimate of drug-likeness (QED) is 0.190. The Morgan fingerprint density at radius 1 is 0.182 bits per heavy atom. The average molecular weight is 557 g/mol. The first kappa shape index (κ1) is 24.8. The van der Waals surface area contributed by atoms with Crippen molar-refractivity contribution in [2.45, 2.75) is 0 Å². The maximum atomic E-state index is 2.33. The summed E-state index contributed by atoms with van der Waals surface area (Å²) in [6, 6.07) is 62.4. The van der Waals surface area contributed by atoms with Gasteiger partial charge < -0.3 is 0 Å². The van der Waals surface area contributed by atoms with E-state index in [0.29, 0.717) is 0 Å². The Morgan fingerprint density at radius 3 is 0.932 bits per heavy atom. The molecule has 0 saturated carbocycles. The van der Waals surface area contributed by atoms with Crippen molar-refractivity contribution in [3.05, 3.63) is 170 Å². The maximum absolute atomic E-state index is 2.33. The summed E-state index contributed by atoms with van der Waals surface area (Å²) < 4.78 is 0. The second kappa shape index (κ2) is 9.93. The van der Waals surface area contributed by atoms with Crippen LogP contribution in [-0.2, 0) is 0 Å². The third-order valence-corrected chi connectivity index (χ3v) is 9.22. The first-order valence-electron chi connectivity index (χ1n) is 15.2. The van der Waals surface area contributed by atoms with Crippen LogP contribution >= 0.6 is 0 Å². The predicted molar refractivity (Wildman–Crippen MR) is 190 cm³/mol. The Hall–Kier alpha value is -5.72. The van der Waals surface area contributed by atoms with Gasteiger partial charge in [-0.3, -0.25) is 0 Å². The summed E-state index contributed by atoms with van der Waals surface area (Å²) in [6.07, 6.45) is 0. The summed E-state index contributed by atoms with van der Waals surface area (Å²) >= 11 is 0. The van der Waals surface area contributed by atoms with Gasteiger partial charge in [-0.2, -0.15) is 0 Å². The maximum Gasteiger partial charge on any atom is -0.00990 e. The molecule has 0 radical (unpaired) electrons. The van der Waals surface area contributed by atoms with Crippen LogP contribution in [0.5, 0.6) is 0 Å². The molecule has 0 aromatic heterocycles. The Labute approximate surface area is 256 Å². The SMILES string of the molecule is c1ccc2cc(-c3ccc(-c4ccc5c(ccc6c7ccc(-c8ccc9ccccc9c8)cc7ccc56)c4)cc3)ccc2c1. The zero-order valence-corrected chi connectivity index (χ0v) is 24.2. The van der Waals surface area contributed by atoms with Crippen LogP contribution in [-0.4, -0.2) is 0 Å². The van der Waals surface area contributed by atoms with E-state index in [2.05, 4.69) is 170 Å². The minimum atomic E-state index is 1.23. The lowest BCUT2D eigenvalue weighted by Crippen LogP contribution is -1.85. The third kappa shape index (κ3) is 4.15. The van der Waals surface area contributed by atoms with Crippen molar-refractivity contribution in [3.63, 3.8) is 0 Å². The van der Waals surface area contributed by atoms with Gasteiger partial charge in [0.1, 0.15) is 0 Å². The monoisotopic (exact) mass is 556 g/mol. The van der Waals surface area contributed by atoms with Gasteiger partial charge in [0.05, 0.1) is 0 Å². The van der Waals surface area contributed by atoms with Crippen molar-refractivity contribution in [2.75, 3.05) is 0 Å². The second-order valence-corrected chi connectivity index (χ2v) is 11.8. The fourth-order valence-electron chi connectivity index (χ4n) is 6.84. The van der Waals surface area contributed by atoms with Crippen LogP contribution in [0.4, 0.5) is 0 Å². The number of rotatable bonds is 3. The summed E-state index contributed by atoms with van der Waals surface area (Å²) in [7, 11) is 0. The van der Waals surface area contributed by atoms with E-state index in [9.17, 15) is 0 Å². The van der Waals surface area contributed by atoms with Crippen LogP contribution < -0.4 is 0 Å². The molecule has 0 unspecified atom stereocenters. The standard InChI is InChI=1S/C44H28/c1-3-7-33-25-35(15-13-29(33)5-1)31-9-11-32(12-10-31)36-17-21-41-39(27-36)19-23-44-42-22-18-38(28-40(42)20-24-43(41)44)37-16-14-30-6-2-4-8-34(30)26-37/h1-28H. The molecule has 0 bridgehead atoms. The van der Waals surface area contributed by atoms with E-state index in [1.165, 1.54) is 87.2 Å². The van der Waals surface area contributed by atoms with Gasteiger partial charge in [-0.1, -0.05) is 146 Å². The summed E-state index contributed by atoms with van der Waals surface area (Å²) in [4.78, 5) is 0. The number of hydrogen-bond acceptors (Lipinski definition) is 0. The molecular formula is C44H28. The van der Waals surface area contributed by atoms with Crippen molar-refractivity contribution in [1.82, 2.24) is 0 Å². The lowest BCUT2D eigenvalue weighted by Gasteiger charge is -2.11. The lowest BCUT2D eigenvalue weighted by molar-refractivity contribution is 1.62. The van der Waals surface area contributed by atoms with E-state index in [0.717, 1.165) is 0 Å². The van der Waals surface area contributed by atoms with Crippen LogP contribution in [0.3, 0.4) is 0 Å². The smallest absolute Gasteiger partial charge is 0.00990 e. The number of fused-ring (bicyclic) bond motifs is 7. The molecule has 0 fully saturated rings. The molecule has 0 saturated heterocycles. The largest absolute Gasteiger partial charge is 0.0616 e. The molecule has 0 amide bonds. The molecule has 0 heterocycles. The van der Waals surface area contributed by atoms with Gasteiger partial charge in [0.25, 0.3) is 0 Å². The molecule has 0 aliphatic heterocycles. The summed E-state index contributed by atoms with van der Waals surface area (Å²) in [6.45, 7) is 0. The van der Waals surface area contributed by atoms with Crippen LogP contribution in [0.25, 0.3) is 87.2 Å². The van der Waals surface area contributed by atoms with Crippen LogP contribution in [0.2, 0.25) is 0 Å². The Bertz CT molecular complexity index is 2530. The fourth-order valence-corrected chi connectivity index (χ4v) is 6.84. The molecule has 0 heteroatoms. The minimum absolute atomic E-state index is 1.23. The highest BCUT2D eigenvalue weighted by Gasteiger charge is 2.09. The fraction of sp³-hybridized carbons (Fsp3) is 0. The van der Waals surface area contributed by atoms with Crippen molar-refractivity contribution < 1.29 is 0 Å². The van der Waals surface area contributed by atoms with Gasteiger partial charge in [-0.15, -0.1) is 0 Å². The Balaban J connectivity index is 1.06. The summed E-state index contributed by atoms with van der Waals surface area (Å²) in [5.74, 6) is 0. The highest BCUT2D eigenvalue weighted by atomic mass is 14.1. The van der Waals surface area contributed by atoms with E-state index < -0.39 is 0 Å². The molecule has 44 heavy (non-hydrogen) atoms. The molecular weight excluding hydrogens is 528 g/mol. The van der Waals surface area contributed by atoms with Gasteiger partial charge in [-0.25, -0.2) is 0 Å². The van der Waals surface area contributed by atoms with Crippen LogP contribution in [0, 0.1) is 0 Å². The van der Waals surface area contributed by atoms with Crippen molar-refractivity contribution in [2.24, 2.45) is 0 Å². The summed E-state index contributed by atoms with van der Waals surface area (Å²) in [5.41, 5.74) is 7.46. The van der Waals surface area contributed by atoms with Gasteiger partial charge in [-0.05, 0) is 112 Å². The van der Waals surface area contributed by atoms with Crippen molar-refractivity contribution in [3.8, 4) is 33.4 Å². The predicted octanol–water partition coefficient (Wildman–Crippen LogP) is 12.5. The van der Waals surface area contributed by atoms with Crippen LogP contribution in [0.1, 0.15) is 0 Å². The highest BCUT2D eigenvalue weighted by molar-refractivity contribution is 6.18. The molecule has 0 nitrogen and oxygen atoms in total. The van der Waals surface area contributed by atoms with Gasteiger partial charge in [0.2, 0.25) is 0 Å². The molecule has 0 N–H and O–H groups in total. The number of benzene rings is 9. The number of hydrogen-bond donors (Lipinski definition) is 0. The van der Waals surface area contributed by atoms with E-state index in [1.807, 2.05) is 0 Å². The minimum Gasteiger partial charge on any atom is -0.0616 e. The molecule has 204 valence electrons. The first-order valence-corrected chi connectivity index (χ1v) is 15.2. The Morgan fingerprint density at radius 2 is 0.477 bits per heavy atom. The molecule has 9 aromatic carbocycles. The molecule has 0 aliphatic rings. The zero-order chi connectivity index (χ0) is 29.0. The molecule has 0 aliphatic carbocycles. The van der Waals surface area contributed by atoms with Crippen molar-refractivity contribution >= 4 is 53.9 Å². The van der Waals surface area contributed by atoms with Crippen LogP contribution in [0.15, 0.2) is 170 Å². The molecule has 0 atom stereocenters. The normalized spacial score (nSPS) is 11.6. The third-order valence-electron chi connectivity index (χ3n) is 9.22. The zero-order valence-electron chi connectivity index (χ0n) is 24.2. The van der Waals surface area contributed by atoms with Gasteiger partial charge in [0.15, 0.2) is 0 Å². The lowest BCUT2D eigenvalue weighted by atomic mass is 9.93. The van der Waals surface area contributed by atoms with E-state index in [1.54, 1.807) is 0 Å². The van der Waals surface area contributed by atoms with Gasteiger partial charge >= 0.3 is 0 Å². The molecule has 9 aromatic rings. The average Bonchev–Trinajstić information content (AvgIpc) is 3.10. The van der Waals surface area contributed by atoms with E-state index in [-0.39, 0.29) is 0 Å². The topological polar surface area (TPSA) is 0 Å². The molecule has 9 rings (SSSR count). The van der Waals surface area contributed by atoms with E-state index >= 15 is 0 Å². The summed E-state index contributed by atoms with van der Waals surface area (Å²) in [5, 5.41) is 12.8. The second-order valence-electron chi connectivity index (χ2n) is 11.8. The first-order chi connectivity index (χ1) is 21.8. The highest BCUT2D eigenvalue weighted by Crippen LogP contribution is 2.36. The van der Waals surface area contributed by atoms with Gasteiger partial charge in [0, 0.05) is 0 Å². The van der Waals surface area contributed by atoms with E-state index in [4.69, 9.17) is 0 Å². The Kier molecular flexibility index (Phi) is 5.61.